The first-order valence-corrected chi connectivity index (χ1v) is 10.4. The zero-order valence-electron chi connectivity index (χ0n) is 16.3. The van der Waals surface area contributed by atoms with E-state index in [9.17, 15) is 13.5 Å². The van der Waals surface area contributed by atoms with Gasteiger partial charge in [-0.2, -0.15) is 0 Å². The van der Waals surface area contributed by atoms with E-state index in [1.54, 1.807) is 30.3 Å². The third-order valence-electron chi connectivity index (χ3n) is 3.49. The molecule has 0 radical (unpaired) electrons. The van der Waals surface area contributed by atoms with Gasteiger partial charge in [-0.15, -0.1) is 0 Å². The van der Waals surface area contributed by atoms with Gasteiger partial charge in [-0.1, -0.05) is 18.2 Å². The van der Waals surface area contributed by atoms with Gasteiger partial charge in [-0.3, -0.25) is 0 Å². The first-order chi connectivity index (χ1) is 14.6. The summed E-state index contributed by atoms with van der Waals surface area (Å²) in [5, 5.41) is 36.7. The number of aliphatic hydroxyl groups is 1. The molecule has 2 rings (SSSR count). The molecule has 1 atom stereocenters. The summed E-state index contributed by atoms with van der Waals surface area (Å²) in [5.74, 6) is -2.95. The zero-order valence-corrected chi connectivity index (χ0v) is 17.2. The largest absolute Gasteiger partial charge is 0.508 e. The second-order valence-electron chi connectivity index (χ2n) is 5.98. The smallest absolute Gasteiger partial charge is 0.414 e. The molecule has 170 valence electrons. The van der Waals surface area contributed by atoms with E-state index in [1.165, 1.54) is 24.3 Å². The van der Waals surface area contributed by atoms with E-state index in [0.717, 1.165) is 0 Å². The van der Waals surface area contributed by atoms with Gasteiger partial charge in [0.25, 0.3) is 0 Å². The highest BCUT2D eigenvalue weighted by atomic mass is 32.2. The molecule has 12 heteroatoms. The van der Waals surface area contributed by atoms with E-state index in [1.807, 2.05) is 0 Å². The van der Waals surface area contributed by atoms with E-state index in [4.69, 9.17) is 29.6 Å². The van der Waals surface area contributed by atoms with Gasteiger partial charge in [0.15, 0.2) is 0 Å². The number of phenolic OH excluding ortho intramolecular Hbond substituents is 1. The molecule has 0 fully saturated rings. The van der Waals surface area contributed by atoms with Gasteiger partial charge in [-0.25, -0.2) is 22.7 Å². The van der Waals surface area contributed by atoms with Crippen LogP contribution >= 0.6 is 0 Å². The highest BCUT2D eigenvalue weighted by Crippen LogP contribution is 2.15. The Hall–Kier alpha value is -3.19. The van der Waals surface area contributed by atoms with E-state index >= 15 is 0 Å². The van der Waals surface area contributed by atoms with Gasteiger partial charge in [-0.05, 0) is 36.4 Å². The maximum atomic E-state index is 12.0. The first kappa shape index (κ1) is 25.8. The van der Waals surface area contributed by atoms with Crippen molar-refractivity contribution >= 4 is 22.0 Å². The van der Waals surface area contributed by atoms with Crippen molar-refractivity contribution in [3.63, 3.8) is 0 Å². The molecule has 2 aromatic rings. The van der Waals surface area contributed by atoms with Gasteiger partial charge in [0, 0.05) is 19.6 Å². The quantitative estimate of drug-likeness (QED) is 0.208. The highest BCUT2D eigenvalue weighted by molar-refractivity contribution is 7.89. The van der Waals surface area contributed by atoms with Crippen molar-refractivity contribution in [1.29, 1.82) is 0 Å². The fraction of sp³-hybridized carbons (Fsp3) is 0.263. The lowest BCUT2D eigenvalue weighted by molar-refractivity contribution is -0.159. The molecule has 2 aromatic carbocycles. The molecule has 0 amide bonds. The lowest BCUT2D eigenvalue weighted by atomic mass is 10.3. The number of benzene rings is 2. The number of carboxylic acid groups (broad SMARTS) is 2. The van der Waals surface area contributed by atoms with Crippen molar-refractivity contribution in [3.05, 3.63) is 54.6 Å². The molecule has 0 saturated heterocycles. The van der Waals surface area contributed by atoms with Crippen molar-refractivity contribution in [2.45, 2.75) is 11.0 Å². The highest BCUT2D eigenvalue weighted by Gasteiger charge is 2.12. The molecule has 0 aliphatic carbocycles. The number of aliphatic carboxylic acids is 2. The van der Waals surface area contributed by atoms with Crippen LogP contribution in [0.25, 0.3) is 0 Å². The van der Waals surface area contributed by atoms with Crippen LogP contribution < -0.4 is 14.8 Å². The molecule has 0 aliphatic rings. The average molecular weight is 456 g/mol. The van der Waals surface area contributed by atoms with Crippen LogP contribution in [0.4, 0.5) is 0 Å². The SMILES string of the molecule is O=C(O)C(=O)O.O=S(=O)(NCCNCC(O)COc1ccc(O)cc1)c1ccccc1. The standard InChI is InChI=1S/C17H22N2O5S.C2H2O4/c20-14-6-8-16(9-7-14)24-13-15(21)12-18-10-11-19-25(22,23)17-4-2-1-3-5-17;3-1(4)2(5)6/h1-9,15,18-21H,10-13H2;(H,3,4)(H,5,6). The maximum Gasteiger partial charge on any atom is 0.414 e. The monoisotopic (exact) mass is 456 g/mol. The summed E-state index contributed by atoms with van der Waals surface area (Å²) in [7, 11) is -3.51. The summed E-state index contributed by atoms with van der Waals surface area (Å²) < 4.78 is 31.8. The minimum Gasteiger partial charge on any atom is -0.508 e. The Morgan fingerprint density at radius 2 is 1.52 bits per heavy atom. The van der Waals surface area contributed by atoms with Crippen LogP contribution in [0.2, 0.25) is 0 Å². The second kappa shape index (κ2) is 13.2. The number of carbonyl (C=O) groups is 2. The molecule has 0 heterocycles. The molecule has 1 unspecified atom stereocenters. The predicted molar refractivity (Wildman–Crippen MR) is 109 cm³/mol. The number of sulfonamides is 1. The lowest BCUT2D eigenvalue weighted by Gasteiger charge is -2.13. The lowest BCUT2D eigenvalue weighted by Crippen LogP contribution is -2.37. The molecular weight excluding hydrogens is 432 g/mol. The van der Waals surface area contributed by atoms with Crippen LogP contribution in [0.5, 0.6) is 11.5 Å². The average Bonchev–Trinajstić information content (AvgIpc) is 2.74. The normalized spacial score (nSPS) is 11.6. The van der Waals surface area contributed by atoms with Gasteiger partial charge >= 0.3 is 11.9 Å². The Morgan fingerprint density at radius 3 is 2.06 bits per heavy atom. The molecule has 0 spiro atoms. The maximum absolute atomic E-state index is 12.0. The molecule has 6 N–H and O–H groups in total. The van der Waals surface area contributed by atoms with Crippen LogP contribution in [0.15, 0.2) is 59.5 Å². The van der Waals surface area contributed by atoms with Crippen molar-refractivity contribution in [2.75, 3.05) is 26.2 Å². The number of aliphatic hydroxyl groups excluding tert-OH is 1. The summed E-state index contributed by atoms with van der Waals surface area (Å²) >= 11 is 0. The van der Waals surface area contributed by atoms with E-state index in [0.29, 0.717) is 12.3 Å². The van der Waals surface area contributed by atoms with Gasteiger partial charge in [0.05, 0.1) is 4.90 Å². The van der Waals surface area contributed by atoms with Crippen LogP contribution in [0.1, 0.15) is 0 Å². The molecule has 0 aromatic heterocycles. The Labute approximate surface area is 179 Å². The Morgan fingerprint density at radius 1 is 0.935 bits per heavy atom. The molecule has 0 bridgehead atoms. The molecule has 0 saturated carbocycles. The number of hydrogen-bond donors (Lipinski definition) is 6. The number of ether oxygens (including phenoxy) is 1. The number of aromatic hydroxyl groups is 1. The summed E-state index contributed by atoms with van der Waals surface area (Å²) in [5.41, 5.74) is 0. The van der Waals surface area contributed by atoms with Crippen molar-refractivity contribution in [2.24, 2.45) is 0 Å². The topological polar surface area (TPSA) is 182 Å². The predicted octanol–water partition coefficient (Wildman–Crippen LogP) is -0.144. The van der Waals surface area contributed by atoms with Crippen molar-refractivity contribution < 1.29 is 43.2 Å². The third kappa shape index (κ3) is 11.0. The number of hydrogen-bond acceptors (Lipinski definition) is 8. The fourth-order valence-corrected chi connectivity index (χ4v) is 3.07. The number of carboxylic acids is 2. The second-order valence-corrected chi connectivity index (χ2v) is 7.75. The van der Waals surface area contributed by atoms with Gasteiger partial charge in [0.2, 0.25) is 10.0 Å². The van der Waals surface area contributed by atoms with Gasteiger partial charge < -0.3 is 30.5 Å². The molecular formula is C19H24N2O9S. The Kier molecular flexibility index (Phi) is 11.0. The summed E-state index contributed by atoms with van der Waals surface area (Å²) in [6.07, 6.45) is -0.737. The number of nitrogens with one attached hydrogen (secondary N) is 2. The van der Waals surface area contributed by atoms with Crippen molar-refractivity contribution in [3.8, 4) is 11.5 Å². The Bertz CT molecular complexity index is 907. The van der Waals surface area contributed by atoms with Crippen LogP contribution in [0.3, 0.4) is 0 Å². The van der Waals surface area contributed by atoms with E-state index in [2.05, 4.69) is 10.0 Å². The first-order valence-electron chi connectivity index (χ1n) is 8.93. The third-order valence-corrected chi connectivity index (χ3v) is 4.97. The van der Waals surface area contributed by atoms with Crippen LogP contribution in [-0.2, 0) is 19.6 Å². The molecule has 11 nitrogen and oxygen atoms in total. The summed E-state index contributed by atoms with van der Waals surface area (Å²) in [4.78, 5) is 18.4. The summed E-state index contributed by atoms with van der Waals surface area (Å²) in [6, 6.07) is 14.3. The van der Waals surface area contributed by atoms with Crippen LogP contribution in [0, 0.1) is 0 Å². The number of phenols is 1. The van der Waals surface area contributed by atoms with Gasteiger partial charge in [0.1, 0.15) is 24.2 Å². The van der Waals surface area contributed by atoms with E-state index < -0.39 is 28.1 Å². The zero-order chi connectivity index (χ0) is 23.3. The van der Waals surface area contributed by atoms with Crippen molar-refractivity contribution in [1.82, 2.24) is 10.0 Å². The Balaban J connectivity index is 0.000000703. The van der Waals surface area contributed by atoms with E-state index in [-0.39, 0.29) is 30.3 Å². The number of rotatable bonds is 10. The minimum atomic E-state index is -3.51. The molecule has 0 aliphatic heterocycles. The summed E-state index contributed by atoms with van der Waals surface area (Å²) in [6.45, 7) is 0.948. The van der Waals surface area contributed by atoms with Crippen LogP contribution in [-0.4, -0.2) is 73.1 Å². The molecule has 31 heavy (non-hydrogen) atoms. The fourth-order valence-electron chi connectivity index (χ4n) is 2.02. The minimum absolute atomic E-state index is 0.0908.